The second-order valence-electron chi connectivity index (χ2n) is 7.97. The van der Waals surface area contributed by atoms with Crippen molar-refractivity contribution < 1.29 is 23.1 Å². The van der Waals surface area contributed by atoms with E-state index in [0.717, 1.165) is 61.0 Å². The predicted molar refractivity (Wildman–Crippen MR) is 106 cm³/mol. The lowest BCUT2D eigenvalue weighted by Gasteiger charge is -2.14. The standard InChI is InChI=1S/C20H23NO5S2/c1-20(2,23)16-10-21-19(27-16)28(24,25)11-17(22)26-18-14-7-3-5-12(14)9-13-6-4-8-15(13)18/h9-10,23H,3-8,11H2,1-2H3. The molecule has 0 radical (unpaired) electrons. The van der Waals surface area contributed by atoms with E-state index in [1.54, 1.807) is 13.8 Å². The Morgan fingerprint density at radius 1 is 1.18 bits per heavy atom. The third-order valence-electron chi connectivity index (χ3n) is 5.29. The first-order valence-electron chi connectivity index (χ1n) is 9.44. The first kappa shape index (κ1) is 19.5. The number of thiazole rings is 1. The molecular weight excluding hydrogens is 398 g/mol. The minimum atomic E-state index is -3.93. The second kappa shape index (κ2) is 6.93. The zero-order valence-corrected chi connectivity index (χ0v) is 17.6. The van der Waals surface area contributed by atoms with Crippen molar-refractivity contribution >= 4 is 27.1 Å². The maximum atomic E-state index is 12.6. The number of aromatic nitrogens is 1. The van der Waals surface area contributed by atoms with Crippen LogP contribution in [0.25, 0.3) is 0 Å². The van der Waals surface area contributed by atoms with Gasteiger partial charge < -0.3 is 9.84 Å². The van der Waals surface area contributed by atoms with Crippen LogP contribution in [0, 0.1) is 0 Å². The summed E-state index contributed by atoms with van der Waals surface area (Å²) in [6.45, 7) is 3.11. The van der Waals surface area contributed by atoms with E-state index in [1.165, 1.54) is 17.3 Å². The molecule has 6 nitrogen and oxygen atoms in total. The smallest absolute Gasteiger partial charge is 0.327 e. The van der Waals surface area contributed by atoms with Crippen LogP contribution in [0.2, 0.25) is 0 Å². The molecule has 2 aliphatic carbocycles. The highest BCUT2D eigenvalue weighted by molar-refractivity contribution is 7.94. The molecule has 0 saturated carbocycles. The Kier molecular flexibility index (Phi) is 4.84. The lowest BCUT2D eigenvalue weighted by Crippen LogP contribution is -2.22. The summed E-state index contributed by atoms with van der Waals surface area (Å²) < 4.78 is 30.7. The van der Waals surface area contributed by atoms with Gasteiger partial charge in [0, 0.05) is 6.20 Å². The van der Waals surface area contributed by atoms with Crippen molar-refractivity contribution in [1.82, 2.24) is 4.98 Å². The Labute approximate surface area is 168 Å². The van der Waals surface area contributed by atoms with Gasteiger partial charge >= 0.3 is 5.97 Å². The first-order valence-corrected chi connectivity index (χ1v) is 11.9. The maximum absolute atomic E-state index is 12.6. The molecule has 4 rings (SSSR count). The van der Waals surface area contributed by atoms with E-state index < -0.39 is 27.2 Å². The molecule has 1 aromatic carbocycles. The molecule has 28 heavy (non-hydrogen) atoms. The zero-order valence-electron chi connectivity index (χ0n) is 15.9. The maximum Gasteiger partial charge on any atom is 0.327 e. The molecule has 1 heterocycles. The number of fused-ring (bicyclic) bond motifs is 2. The van der Waals surface area contributed by atoms with Crippen LogP contribution in [0.15, 0.2) is 16.6 Å². The summed E-state index contributed by atoms with van der Waals surface area (Å²) >= 11 is 0.878. The number of carbonyl (C=O) groups excluding carboxylic acids is 1. The van der Waals surface area contributed by atoms with E-state index in [4.69, 9.17) is 4.74 Å². The minimum Gasteiger partial charge on any atom is -0.425 e. The van der Waals surface area contributed by atoms with Crippen LogP contribution in [0.1, 0.15) is 53.8 Å². The number of sulfone groups is 1. The SMILES string of the molecule is CC(C)(O)c1cnc(S(=O)(=O)CC(=O)Oc2c3c(cc4c2CCC4)CCC3)s1. The second-order valence-corrected chi connectivity index (χ2v) is 11.2. The number of aryl methyl sites for hydroxylation is 2. The molecule has 0 unspecified atom stereocenters. The van der Waals surface area contributed by atoms with E-state index in [2.05, 4.69) is 11.1 Å². The third-order valence-corrected chi connectivity index (χ3v) is 8.66. The van der Waals surface area contributed by atoms with Crippen LogP contribution >= 0.6 is 11.3 Å². The van der Waals surface area contributed by atoms with Gasteiger partial charge in [0.15, 0.2) is 5.75 Å². The Balaban J connectivity index is 1.56. The number of carbonyl (C=O) groups is 1. The van der Waals surface area contributed by atoms with Crippen LogP contribution < -0.4 is 4.74 Å². The van der Waals surface area contributed by atoms with Crippen molar-refractivity contribution in [2.45, 2.75) is 62.3 Å². The van der Waals surface area contributed by atoms with Gasteiger partial charge in [-0.3, -0.25) is 4.79 Å². The average Bonchev–Trinajstić information content (AvgIpc) is 3.33. The van der Waals surface area contributed by atoms with Crippen molar-refractivity contribution in [3.63, 3.8) is 0 Å². The first-order chi connectivity index (χ1) is 13.1. The number of nitrogens with zero attached hydrogens (tertiary/aromatic N) is 1. The Morgan fingerprint density at radius 2 is 1.79 bits per heavy atom. The molecule has 0 aliphatic heterocycles. The molecule has 1 N–H and O–H groups in total. The van der Waals surface area contributed by atoms with Crippen molar-refractivity contribution in [3.05, 3.63) is 39.4 Å². The highest BCUT2D eigenvalue weighted by atomic mass is 32.2. The van der Waals surface area contributed by atoms with Crippen LogP contribution in [0.4, 0.5) is 0 Å². The molecule has 0 fully saturated rings. The largest absolute Gasteiger partial charge is 0.425 e. The molecule has 1 aromatic heterocycles. The quantitative estimate of drug-likeness (QED) is 0.589. The van der Waals surface area contributed by atoms with Gasteiger partial charge in [0.05, 0.1) is 10.5 Å². The fraction of sp³-hybridized carbons (Fsp3) is 0.500. The normalized spacial score (nSPS) is 16.1. The molecule has 0 amide bonds. The van der Waals surface area contributed by atoms with Crippen molar-refractivity contribution in [2.24, 2.45) is 0 Å². The highest BCUT2D eigenvalue weighted by Crippen LogP contribution is 2.40. The minimum absolute atomic E-state index is 0.176. The molecule has 150 valence electrons. The lowest BCUT2D eigenvalue weighted by atomic mass is 10.0. The summed E-state index contributed by atoms with van der Waals surface area (Å²) in [6.07, 6.45) is 7.06. The summed E-state index contributed by atoms with van der Waals surface area (Å²) in [7, 11) is -3.93. The van der Waals surface area contributed by atoms with Crippen molar-refractivity contribution in [3.8, 4) is 5.75 Å². The number of benzene rings is 1. The van der Waals surface area contributed by atoms with Gasteiger partial charge in [-0.2, -0.15) is 0 Å². The van der Waals surface area contributed by atoms with E-state index >= 15 is 0 Å². The van der Waals surface area contributed by atoms with Gasteiger partial charge in [0.25, 0.3) is 0 Å². The molecular formula is C20H23NO5S2. The van der Waals surface area contributed by atoms with Crippen molar-refractivity contribution in [2.75, 3.05) is 5.75 Å². The van der Waals surface area contributed by atoms with Crippen LogP contribution in [-0.2, 0) is 45.9 Å². The number of aliphatic hydroxyl groups is 1. The van der Waals surface area contributed by atoms with Crippen LogP contribution in [0.3, 0.4) is 0 Å². The Bertz CT molecular complexity index is 1020. The fourth-order valence-corrected chi connectivity index (χ4v) is 6.24. The average molecular weight is 422 g/mol. The van der Waals surface area contributed by atoms with Gasteiger partial charge in [-0.1, -0.05) is 6.07 Å². The van der Waals surface area contributed by atoms with Gasteiger partial charge in [-0.15, -0.1) is 11.3 Å². The van der Waals surface area contributed by atoms with Crippen molar-refractivity contribution in [1.29, 1.82) is 0 Å². The predicted octanol–water partition coefficient (Wildman–Crippen LogP) is 2.73. The van der Waals surface area contributed by atoms with Gasteiger partial charge in [0.2, 0.25) is 14.2 Å². The summed E-state index contributed by atoms with van der Waals surface area (Å²) in [5, 5.41) is 10.0. The third kappa shape index (κ3) is 3.60. The van der Waals surface area contributed by atoms with Gasteiger partial charge in [-0.05, 0) is 74.6 Å². The number of rotatable bonds is 5. The number of hydrogen-bond acceptors (Lipinski definition) is 7. The number of hydrogen-bond donors (Lipinski definition) is 1. The van der Waals surface area contributed by atoms with Gasteiger partial charge in [-0.25, -0.2) is 13.4 Å². The summed E-state index contributed by atoms with van der Waals surface area (Å²) in [4.78, 5) is 16.9. The molecule has 0 saturated heterocycles. The topological polar surface area (TPSA) is 93.6 Å². The molecule has 0 spiro atoms. The van der Waals surface area contributed by atoms with Gasteiger partial charge in [0.1, 0.15) is 5.75 Å². The highest BCUT2D eigenvalue weighted by Gasteiger charge is 2.30. The monoisotopic (exact) mass is 421 g/mol. The van der Waals surface area contributed by atoms with E-state index in [9.17, 15) is 18.3 Å². The lowest BCUT2D eigenvalue weighted by molar-refractivity contribution is -0.131. The summed E-state index contributed by atoms with van der Waals surface area (Å²) in [5.41, 5.74) is 3.38. The summed E-state index contributed by atoms with van der Waals surface area (Å²) in [5.74, 6) is -0.946. The molecule has 0 atom stereocenters. The van der Waals surface area contributed by atoms with Crippen LogP contribution in [0.5, 0.6) is 5.75 Å². The number of ether oxygens (including phenoxy) is 1. The van der Waals surface area contributed by atoms with E-state index in [0.29, 0.717) is 10.6 Å². The molecule has 2 aromatic rings. The fourth-order valence-electron chi connectivity index (χ4n) is 3.93. The van der Waals surface area contributed by atoms with E-state index in [-0.39, 0.29) is 4.34 Å². The molecule has 8 heteroatoms. The van der Waals surface area contributed by atoms with Crippen LogP contribution in [-0.4, -0.2) is 30.2 Å². The molecule has 0 bridgehead atoms. The van der Waals surface area contributed by atoms with E-state index in [1.807, 2.05) is 0 Å². The zero-order chi connectivity index (χ0) is 20.1. The Hall–Kier alpha value is -1.77. The Morgan fingerprint density at radius 3 is 2.32 bits per heavy atom. The summed E-state index contributed by atoms with van der Waals surface area (Å²) in [6, 6.07) is 2.23. The number of esters is 1. The molecule has 2 aliphatic rings.